The fraction of sp³-hybridized carbons (Fsp3) is 0. The summed E-state index contributed by atoms with van der Waals surface area (Å²) in [5.74, 6) is -1.00. The Kier molecular flexibility index (Phi) is 2.13. The van der Waals surface area contributed by atoms with Crippen molar-refractivity contribution in [1.29, 1.82) is 0 Å². The van der Waals surface area contributed by atoms with Crippen LogP contribution in [0.3, 0.4) is 0 Å². The molecule has 1 aromatic carbocycles. The van der Waals surface area contributed by atoms with Crippen LogP contribution in [0.1, 0.15) is 10.5 Å². The van der Waals surface area contributed by atoms with E-state index >= 15 is 0 Å². The van der Waals surface area contributed by atoms with Crippen LogP contribution in [-0.4, -0.2) is 22.5 Å². The van der Waals surface area contributed by atoms with Gasteiger partial charge in [-0.25, -0.2) is 4.79 Å². The Labute approximate surface area is 84.7 Å². The van der Waals surface area contributed by atoms with E-state index in [0.29, 0.717) is 12.1 Å². The number of hydrogen-bond donors (Lipinski definition) is 3. The van der Waals surface area contributed by atoms with Crippen molar-refractivity contribution in [3.63, 3.8) is 0 Å². The first-order valence-corrected chi connectivity index (χ1v) is 4.27. The molecule has 0 saturated heterocycles. The lowest BCUT2D eigenvalue weighted by Crippen LogP contribution is -1.94. The fourth-order valence-electron chi connectivity index (χ4n) is 1.41. The van der Waals surface area contributed by atoms with Gasteiger partial charge in [-0.15, -0.1) is 0 Å². The summed E-state index contributed by atoms with van der Waals surface area (Å²) in [5, 5.41) is 12.0. The first kappa shape index (κ1) is 9.26. The fourth-order valence-corrected chi connectivity index (χ4v) is 1.41. The van der Waals surface area contributed by atoms with Crippen molar-refractivity contribution in [3.05, 3.63) is 30.0 Å². The Morgan fingerprint density at radius 3 is 2.87 bits per heavy atom. The molecule has 1 heterocycles. The van der Waals surface area contributed by atoms with Crippen molar-refractivity contribution in [2.24, 2.45) is 0 Å². The van der Waals surface area contributed by atoms with Crippen LogP contribution >= 0.6 is 0 Å². The molecule has 0 aliphatic heterocycles. The van der Waals surface area contributed by atoms with Crippen molar-refractivity contribution in [1.82, 2.24) is 4.98 Å². The molecule has 0 spiro atoms. The molecule has 3 N–H and O–H groups in total. The molecule has 0 radical (unpaired) electrons. The highest BCUT2D eigenvalue weighted by molar-refractivity contribution is 5.95. The number of nitrogens with one attached hydrogen (secondary N) is 2. The molecule has 2 rings (SSSR count). The average Bonchev–Trinajstić information content (AvgIpc) is 2.61. The number of H-pyrrole nitrogens is 1. The van der Waals surface area contributed by atoms with Crippen LogP contribution in [-0.2, 0) is 4.79 Å². The summed E-state index contributed by atoms with van der Waals surface area (Å²) in [7, 11) is 0. The predicted molar refractivity (Wildman–Crippen MR) is 54.9 cm³/mol. The van der Waals surface area contributed by atoms with Crippen LogP contribution in [0.25, 0.3) is 10.9 Å². The summed E-state index contributed by atoms with van der Waals surface area (Å²) in [4.78, 5) is 23.6. The summed E-state index contributed by atoms with van der Waals surface area (Å²) >= 11 is 0. The molecule has 0 saturated carbocycles. The maximum atomic E-state index is 10.7. The minimum atomic E-state index is -1.00. The van der Waals surface area contributed by atoms with E-state index in [1.165, 1.54) is 6.07 Å². The molecule has 76 valence electrons. The zero-order valence-corrected chi connectivity index (χ0v) is 7.65. The number of carbonyl (C=O) groups is 2. The standard InChI is InChI=1S/C10H8N2O3/c13-5-11-7-1-2-8-6(3-7)4-9(12-8)10(14)15/h1-5,12H,(H,11,13)(H,14,15). The lowest BCUT2D eigenvalue weighted by Gasteiger charge is -1.96. The van der Waals surface area contributed by atoms with E-state index in [1.54, 1.807) is 18.2 Å². The van der Waals surface area contributed by atoms with Gasteiger partial charge in [-0.05, 0) is 24.3 Å². The number of benzene rings is 1. The zero-order chi connectivity index (χ0) is 10.8. The maximum Gasteiger partial charge on any atom is 0.352 e. The number of amides is 1. The Hall–Kier alpha value is -2.30. The highest BCUT2D eigenvalue weighted by Crippen LogP contribution is 2.19. The van der Waals surface area contributed by atoms with Gasteiger partial charge in [0.1, 0.15) is 5.69 Å². The van der Waals surface area contributed by atoms with Gasteiger partial charge in [0.05, 0.1) is 0 Å². The van der Waals surface area contributed by atoms with Crippen molar-refractivity contribution >= 4 is 29.0 Å². The molecule has 5 nitrogen and oxygen atoms in total. The van der Waals surface area contributed by atoms with Crippen LogP contribution < -0.4 is 5.32 Å². The summed E-state index contributed by atoms with van der Waals surface area (Å²) in [6, 6.07) is 6.63. The predicted octanol–water partition coefficient (Wildman–Crippen LogP) is 1.43. The van der Waals surface area contributed by atoms with Crippen LogP contribution in [0.15, 0.2) is 24.3 Å². The number of hydrogen-bond acceptors (Lipinski definition) is 2. The highest BCUT2D eigenvalue weighted by atomic mass is 16.4. The maximum absolute atomic E-state index is 10.7. The number of carboxylic acids is 1. The lowest BCUT2D eigenvalue weighted by molar-refractivity contribution is -0.105. The van der Waals surface area contributed by atoms with Crippen molar-refractivity contribution in [2.45, 2.75) is 0 Å². The number of aromatic carboxylic acids is 1. The molecule has 1 amide bonds. The molecular weight excluding hydrogens is 196 g/mol. The second kappa shape index (κ2) is 3.45. The van der Waals surface area contributed by atoms with Crippen LogP contribution in [0, 0.1) is 0 Å². The van der Waals surface area contributed by atoms with Gasteiger partial charge in [-0.3, -0.25) is 4.79 Å². The Morgan fingerprint density at radius 1 is 1.40 bits per heavy atom. The number of rotatable bonds is 3. The first-order chi connectivity index (χ1) is 7.20. The van der Waals surface area contributed by atoms with E-state index in [9.17, 15) is 9.59 Å². The van der Waals surface area contributed by atoms with Gasteiger partial charge in [0.15, 0.2) is 0 Å². The number of aromatic nitrogens is 1. The minimum Gasteiger partial charge on any atom is -0.477 e. The van der Waals surface area contributed by atoms with Gasteiger partial charge in [-0.1, -0.05) is 0 Å². The quantitative estimate of drug-likeness (QED) is 0.661. The SMILES string of the molecule is O=CNc1ccc2[nH]c(C(=O)O)cc2c1. The van der Waals surface area contributed by atoms with Crippen molar-refractivity contribution in [3.8, 4) is 0 Å². The van der Waals surface area contributed by atoms with Gasteiger partial charge in [0.2, 0.25) is 6.41 Å². The van der Waals surface area contributed by atoms with Gasteiger partial charge in [0, 0.05) is 16.6 Å². The third kappa shape index (κ3) is 1.67. The van der Waals surface area contributed by atoms with Crippen molar-refractivity contribution in [2.75, 3.05) is 5.32 Å². The smallest absolute Gasteiger partial charge is 0.352 e. The van der Waals surface area contributed by atoms with E-state index < -0.39 is 5.97 Å². The summed E-state index contributed by atoms with van der Waals surface area (Å²) in [6.45, 7) is 0. The number of carboxylic acid groups (broad SMARTS) is 1. The molecule has 0 aliphatic carbocycles. The molecule has 0 atom stereocenters. The molecule has 2 aromatic rings. The Morgan fingerprint density at radius 2 is 2.20 bits per heavy atom. The minimum absolute atomic E-state index is 0.133. The van der Waals surface area contributed by atoms with E-state index in [-0.39, 0.29) is 5.69 Å². The summed E-state index contributed by atoms with van der Waals surface area (Å²) in [6.07, 6.45) is 0.575. The number of anilines is 1. The van der Waals surface area contributed by atoms with E-state index in [1.807, 2.05) is 0 Å². The number of fused-ring (bicyclic) bond motifs is 1. The number of carbonyl (C=O) groups excluding carboxylic acids is 1. The van der Waals surface area contributed by atoms with Crippen LogP contribution in [0.4, 0.5) is 5.69 Å². The summed E-state index contributed by atoms with van der Waals surface area (Å²) < 4.78 is 0. The third-order valence-corrected chi connectivity index (χ3v) is 2.08. The molecule has 0 unspecified atom stereocenters. The monoisotopic (exact) mass is 204 g/mol. The summed E-state index contributed by atoms with van der Waals surface area (Å²) in [5.41, 5.74) is 1.49. The molecule has 0 bridgehead atoms. The Balaban J connectivity index is 2.51. The van der Waals surface area contributed by atoms with E-state index in [2.05, 4.69) is 10.3 Å². The van der Waals surface area contributed by atoms with Gasteiger partial charge in [-0.2, -0.15) is 0 Å². The largest absolute Gasteiger partial charge is 0.477 e. The average molecular weight is 204 g/mol. The second-order valence-corrected chi connectivity index (χ2v) is 3.05. The van der Waals surface area contributed by atoms with Crippen LogP contribution in [0.2, 0.25) is 0 Å². The molecule has 0 fully saturated rings. The first-order valence-electron chi connectivity index (χ1n) is 4.27. The third-order valence-electron chi connectivity index (χ3n) is 2.08. The number of aromatic amines is 1. The van der Waals surface area contributed by atoms with Gasteiger partial charge < -0.3 is 15.4 Å². The van der Waals surface area contributed by atoms with Crippen LogP contribution in [0.5, 0.6) is 0 Å². The second-order valence-electron chi connectivity index (χ2n) is 3.05. The van der Waals surface area contributed by atoms with E-state index in [0.717, 1.165) is 10.9 Å². The molecule has 15 heavy (non-hydrogen) atoms. The molecule has 0 aliphatic rings. The van der Waals surface area contributed by atoms with Gasteiger partial charge in [0.25, 0.3) is 0 Å². The van der Waals surface area contributed by atoms with E-state index in [4.69, 9.17) is 5.11 Å². The molecule has 5 heteroatoms. The molecule has 1 aromatic heterocycles. The zero-order valence-electron chi connectivity index (χ0n) is 7.65. The Bertz CT molecular complexity index is 530. The molecular formula is C10H8N2O3. The van der Waals surface area contributed by atoms with Gasteiger partial charge >= 0.3 is 5.97 Å². The highest BCUT2D eigenvalue weighted by Gasteiger charge is 2.07. The lowest BCUT2D eigenvalue weighted by atomic mass is 10.2. The van der Waals surface area contributed by atoms with Crippen molar-refractivity contribution < 1.29 is 14.7 Å². The normalized spacial score (nSPS) is 10.1. The topological polar surface area (TPSA) is 82.2 Å².